The summed E-state index contributed by atoms with van der Waals surface area (Å²) in [6, 6.07) is 7.80. The Balaban J connectivity index is 2.10. The molecule has 0 aliphatic carbocycles. The molecule has 6 heteroatoms. The highest BCUT2D eigenvalue weighted by Crippen LogP contribution is 2.29. The molecule has 0 unspecified atom stereocenters. The van der Waals surface area contributed by atoms with Crippen LogP contribution >= 0.6 is 11.8 Å². The van der Waals surface area contributed by atoms with E-state index in [1.165, 1.54) is 0 Å². The van der Waals surface area contributed by atoms with Crippen LogP contribution in [0.1, 0.15) is 18.7 Å². The SMILES string of the molecule is CSc1ccccc1-c1nnc(CCCC(=O)O)o1. The predicted octanol–water partition coefficient (Wildman–Crippen LogP) is 2.87. The maximum Gasteiger partial charge on any atom is 0.303 e. The van der Waals surface area contributed by atoms with Crippen LogP contribution in [0, 0.1) is 0 Å². The quantitative estimate of drug-likeness (QED) is 0.819. The Labute approximate surface area is 115 Å². The van der Waals surface area contributed by atoms with Crippen molar-refractivity contribution in [1.29, 1.82) is 0 Å². The zero-order valence-electron chi connectivity index (χ0n) is 10.5. The molecule has 0 atom stereocenters. The number of nitrogens with zero attached hydrogens (tertiary/aromatic N) is 2. The van der Waals surface area contributed by atoms with Crippen LogP contribution in [0.25, 0.3) is 11.5 Å². The summed E-state index contributed by atoms with van der Waals surface area (Å²) in [7, 11) is 0. The van der Waals surface area contributed by atoms with Crippen LogP contribution in [0.5, 0.6) is 0 Å². The molecule has 19 heavy (non-hydrogen) atoms. The van der Waals surface area contributed by atoms with Gasteiger partial charge in [-0.15, -0.1) is 22.0 Å². The van der Waals surface area contributed by atoms with Crippen molar-refractivity contribution in [3.8, 4) is 11.5 Å². The predicted molar refractivity (Wildman–Crippen MR) is 72.1 cm³/mol. The lowest BCUT2D eigenvalue weighted by Gasteiger charge is -2.01. The van der Waals surface area contributed by atoms with Crippen LogP contribution < -0.4 is 0 Å². The first-order valence-electron chi connectivity index (χ1n) is 5.88. The summed E-state index contributed by atoms with van der Waals surface area (Å²) >= 11 is 1.62. The molecule has 1 N–H and O–H groups in total. The number of thioether (sulfide) groups is 1. The third-order valence-electron chi connectivity index (χ3n) is 2.59. The van der Waals surface area contributed by atoms with Gasteiger partial charge in [-0.25, -0.2) is 0 Å². The Bertz CT molecular complexity index is 569. The molecule has 1 heterocycles. The van der Waals surface area contributed by atoms with Gasteiger partial charge in [0.05, 0.1) is 5.56 Å². The third kappa shape index (κ3) is 3.57. The average molecular weight is 278 g/mol. The molecule has 0 aliphatic heterocycles. The molecule has 0 aliphatic rings. The van der Waals surface area contributed by atoms with Crippen LogP contribution in [0.4, 0.5) is 0 Å². The van der Waals surface area contributed by atoms with Crippen molar-refractivity contribution in [3.63, 3.8) is 0 Å². The maximum absolute atomic E-state index is 10.4. The van der Waals surface area contributed by atoms with Gasteiger partial charge in [-0.2, -0.15) is 0 Å². The van der Waals surface area contributed by atoms with Gasteiger partial charge < -0.3 is 9.52 Å². The Hall–Kier alpha value is -1.82. The topological polar surface area (TPSA) is 76.2 Å². The van der Waals surface area contributed by atoms with Gasteiger partial charge in [-0.1, -0.05) is 12.1 Å². The number of carbonyl (C=O) groups is 1. The van der Waals surface area contributed by atoms with E-state index >= 15 is 0 Å². The molecule has 100 valence electrons. The van der Waals surface area contributed by atoms with Crippen LogP contribution in [0.2, 0.25) is 0 Å². The highest BCUT2D eigenvalue weighted by Gasteiger charge is 2.12. The molecular formula is C13H14N2O3S. The number of carboxylic acid groups (broad SMARTS) is 1. The van der Waals surface area contributed by atoms with E-state index in [1.807, 2.05) is 30.5 Å². The van der Waals surface area contributed by atoms with Gasteiger partial charge >= 0.3 is 5.97 Å². The molecule has 0 saturated heterocycles. The summed E-state index contributed by atoms with van der Waals surface area (Å²) < 4.78 is 5.57. The smallest absolute Gasteiger partial charge is 0.303 e. The number of hydrogen-bond donors (Lipinski definition) is 1. The standard InChI is InChI=1S/C13H14N2O3S/c1-19-10-6-3-2-5-9(10)13-15-14-11(18-13)7-4-8-12(16)17/h2-3,5-6H,4,7-8H2,1H3,(H,16,17). The Morgan fingerprint density at radius 3 is 2.89 bits per heavy atom. The molecule has 0 fully saturated rings. The number of aromatic nitrogens is 2. The van der Waals surface area contributed by atoms with E-state index in [2.05, 4.69) is 10.2 Å². The molecule has 0 bridgehead atoms. The highest BCUT2D eigenvalue weighted by molar-refractivity contribution is 7.98. The van der Waals surface area contributed by atoms with Crippen molar-refractivity contribution < 1.29 is 14.3 Å². The van der Waals surface area contributed by atoms with Gasteiger partial charge in [0.25, 0.3) is 0 Å². The molecule has 0 radical (unpaired) electrons. The Kier molecular flexibility index (Phi) is 4.57. The van der Waals surface area contributed by atoms with Crippen LogP contribution in [0.3, 0.4) is 0 Å². The van der Waals surface area contributed by atoms with Gasteiger partial charge in [-0.3, -0.25) is 4.79 Å². The van der Waals surface area contributed by atoms with Crippen molar-refractivity contribution in [1.82, 2.24) is 10.2 Å². The van der Waals surface area contributed by atoms with Gasteiger partial charge in [0.1, 0.15) is 0 Å². The van der Waals surface area contributed by atoms with E-state index in [0.717, 1.165) is 10.5 Å². The van der Waals surface area contributed by atoms with Crippen molar-refractivity contribution in [2.24, 2.45) is 0 Å². The lowest BCUT2D eigenvalue weighted by Crippen LogP contribution is -1.95. The minimum absolute atomic E-state index is 0.110. The van der Waals surface area contributed by atoms with Crippen molar-refractivity contribution in [3.05, 3.63) is 30.2 Å². The van der Waals surface area contributed by atoms with Gasteiger partial charge in [0.15, 0.2) is 0 Å². The molecule has 0 spiro atoms. The van der Waals surface area contributed by atoms with E-state index < -0.39 is 5.97 Å². The normalized spacial score (nSPS) is 10.6. The minimum Gasteiger partial charge on any atom is -0.481 e. The lowest BCUT2D eigenvalue weighted by atomic mass is 10.2. The molecule has 2 aromatic rings. The van der Waals surface area contributed by atoms with Gasteiger partial charge in [0, 0.05) is 17.7 Å². The third-order valence-corrected chi connectivity index (χ3v) is 3.38. The van der Waals surface area contributed by atoms with Crippen LogP contribution in [0.15, 0.2) is 33.6 Å². The second kappa shape index (κ2) is 6.38. The molecule has 1 aromatic heterocycles. The van der Waals surface area contributed by atoms with Gasteiger partial charge in [-0.05, 0) is 24.8 Å². The van der Waals surface area contributed by atoms with E-state index in [9.17, 15) is 4.79 Å². The summed E-state index contributed by atoms with van der Waals surface area (Å²) in [5.41, 5.74) is 0.909. The summed E-state index contributed by atoms with van der Waals surface area (Å²) in [5, 5.41) is 16.5. The largest absolute Gasteiger partial charge is 0.481 e. The molecule has 0 saturated carbocycles. The van der Waals surface area contributed by atoms with Crippen molar-refractivity contribution >= 4 is 17.7 Å². The van der Waals surface area contributed by atoms with Crippen LogP contribution in [-0.2, 0) is 11.2 Å². The zero-order chi connectivity index (χ0) is 13.7. The number of aliphatic carboxylic acids is 1. The second-order valence-corrected chi connectivity index (χ2v) is 4.80. The number of aryl methyl sites for hydroxylation is 1. The van der Waals surface area contributed by atoms with E-state index in [0.29, 0.717) is 24.6 Å². The number of rotatable bonds is 6. The summed E-state index contributed by atoms with van der Waals surface area (Å²) in [5.74, 6) is 0.148. The fraction of sp³-hybridized carbons (Fsp3) is 0.308. The number of benzene rings is 1. The summed E-state index contributed by atoms with van der Waals surface area (Å²) in [4.78, 5) is 11.5. The van der Waals surface area contributed by atoms with E-state index in [4.69, 9.17) is 9.52 Å². The molecule has 1 aromatic carbocycles. The van der Waals surface area contributed by atoms with Crippen molar-refractivity contribution in [2.45, 2.75) is 24.2 Å². The van der Waals surface area contributed by atoms with E-state index in [-0.39, 0.29) is 6.42 Å². The Morgan fingerprint density at radius 2 is 2.16 bits per heavy atom. The zero-order valence-corrected chi connectivity index (χ0v) is 11.3. The fourth-order valence-electron chi connectivity index (χ4n) is 1.68. The summed E-state index contributed by atoms with van der Waals surface area (Å²) in [6.07, 6.45) is 3.09. The monoisotopic (exact) mass is 278 g/mol. The van der Waals surface area contributed by atoms with Crippen LogP contribution in [-0.4, -0.2) is 27.5 Å². The molecule has 5 nitrogen and oxygen atoms in total. The molecular weight excluding hydrogens is 264 g/mol. The Morgan fingerprint density at radius 1 is 1.37 bits per heavy atom. The van der Waals surface area contributed by atoms with E-state index in [1.54, 1.807) is 11.8 Å². The number of carboxylic acids is 1. The maximum atomic E-state index is 10.4. The fourth-order valence-corrected chi connectivity index (χ4v) is 2.27. The number of hydrogen-bond acceptors (Lipinski definition) is 5. The van der Waals surface area contributed by atoms with Crippen molar-refractivity contribution in [2.75, 3.05) is 6.26 Å². The average Bonchev–Trinajstić information content (AvgIpc) is 2.87. The highest BCUT2D eigenvalue weighted by atomic mass is 32.2. The molecule has 0 amide bonds. The van der Waals surface area contributed by atoms with Gasteiger partial charge in [0.2, 0.25) is 11.8 Å². The second-order valence-electron chi connectivity index (χ2n) is 3.95. The summed E-state index contributed by atoms with van der Waals surface area (Å²) in [6.45, 7) is 0. The molecule has 2 rings (SSSR count). The minimum atomic E-state index is -0.813. The first-order valence-corrected chi connectivity index (χ1v) is 7.10. The first kappa shape index (κ1) is 13.6. The first-order chi connectivity index (χ1) is 9.20. The lowest BCUT2D eigenvalue weighted by molar-refractivity contribution is -0.137.